The van der Waals surface area contributed by atoms with Crippen LogP contribution in [0, 0.1) is 0 Å². The highest BCUT2D eigenvalue weighted by atomic mass is 16.4. The van der Waals surface area contributed by atoms with E-state index in [1.807, 2.05) is 30.3 Å². The van der Waals surface area contributed by atoms with Gasteiger partial charge in [-0.05, 0) is 41.8 Å². The van der Waals surface area contributed by atoms with Gasteiger partial charge in [0.1, 0.15) is 5.71 Å². The van der Waals surface area contributed by atoms with Gasteiger partial charge in [0.25, 0.3) is 5.56 Å². The van der Waals surface area contributed by atoms with Gasteiger partial charge in [0, 0.05) is 23.9 Å². The Bertz CT molecular complexity index is 999. The molecule has 2 aromatic carbocycles. The Morgan fingerprint density at radius 3 is 2.58 bits per heavy atom. The zero-order valence-corrected chi connectivity index (χ0v) is 13.2. The lowest BCUT2D eigenvalue weighted by molar-refractivity contribution is 0.320. The molecule has 0 unspecified atom stereocenters. The minimum absolute atomic E-state index is 0.112. The van der Waals surface area contributed by atoms with Gasteiger partial charge in [-0.2, -0.15) is 0 Å². The van der Waals surface area contributed by atoms with Crippen LogP contribution < -0.4 is 11.3 Å². The lowest BCUT2D eigenvalue weighted by atomic mass is 10.1. The van der Waals surface area contributed by atoms with E-state index in [0.29, 0.717) is 22.5 Å². The van der Waals surface area contributed by atoms with Crippen molar-refractivity contribution in [1.29, 1.82) is 0 Å². The number of rotatable bonds is 3. The number of aromatic nitrogens is 1. The van der Waals surface area contributed by atoms with E-state index in [1.54, 1.807) is 48.0 Å². The van der Waals surface area contributed by atoms with Crippen LogP contribution in [0.4, 0.5) is 5.69 Å². The standard InChI is InChI=1S/C19H17N3O2/c1-22-18-5-3-2-4-14(18)12-15(19(22)23)8-11-17(21-24)13-6-9-16(20)10-7-13/h2-12,24H,20H2,1H3/b11-8+,21-17+. The second-order valence-corrected chi connectivity index (χ2v) is 5.46. The maximum atomic E-state index is 12.5. The summed E-state index contributed by atoms with van der Waals surface area (Å²) in [5, 5.41) is 13.5. The predicted molar refractivity (Wildman–Crippen MR) is 97.4 cm³/mol. The highest BCUT2D eigenvalue weighted by molar-refractivity contribution is 6.10. The van der Waals surface area contributed by atoms with Crippen molar-refractivity contribution in [3.63, 3.8) is 0 Å². The number of nitrogens with two attached hydrogens (primary N) is 1. The van der Waals surface area contributed by atoms with E-state index in [1.165, 1.54) is 0 Å². The molecule has 1 aromatic heterocycles. The van der Waals surface area contributed by atoms with Crippen LogP contribution in [0.3, 0.4) is 0 Å². The fourth-order valence-corrected chi connectivity index (χ4v) is 2.58. The number of benzene rings is 2. The fraction of sp³-hybridized carbons (Fsp3) is 0.0526. The van der Waals surface area contributed by atoms with Gasteiger partial charge in [-0.25, -0.2) is 0 Å². The Balaban J connectivity index is 2.02. The average molecular weight is 319 g/mol. The molecule has 0 aliphatic rings. The van der Waals surface area contributed by atoms with Gasteiger partial charge in [-0.1, -0.05) is 35.5 Å². The average Bonchev–Trinajstić information content (AvgIpc) is 2.61. The molecule has 0 bridgehead atoms. The van der Waals surface area contributed by atoms with Gasteiger partial charge in [0.15, 0.2) is 0 Å². The molecule has 3 N–H and O–H groups in total. The minimum atomic E-state index is -0.112. The summed E-state index contributed by atoms with van der Waals surface area (Å²) in [7, 11) is 1.74. The zero-order chi connectivity index (χ0) is 17.1. The molecule has 1 heterocycles. The van der Waals surface area contributed by atoms with Gasteiger partial charge in [0.2, 0.25) is 0 Å². The number of aryl methyl sites for hydroxylation is 1. The van der Waals surface area contributed by atoms with Crippen LogP contribution in [0.15, 0.2) is 70.6 Å². The Morgan fingerprint density at radius 2 is 1.88 bits per heavy atom. The quantitative estimate of drug-likeness (QED) is 0.337. The van der Waals surface area contributed by atoms with Crippen LogP contribution >= 0.6 is 0 Å². The number of anilines is 1. The van der Waals surface area contributed by atoms with Gasteiger partial charge in [0.05, 0.1) is 5.52 Å². The largest absolute Gasteiger partial charge is 0.410 e. The van der Waals surface area contributed by atoms with Gasteiger partial charge >= 0.3 is 0 Å². The monoisotopic (exact) mass is 319 g/mol. The second-order valence-electron chi connectivity index (χ2n) is 5.46. The number of hydrogen-bond acceptors (Lipinski definition) is 4. The van der Waals surface area contributed by atoms with Crippen LogP contribution in [-0.2, 0) is 7.05 Å². The highest BCUT2D eigenvalue weighted by Gasteiger charge is 2.05. The Kier molecular flexibility index (Phi) is 4.16. The lowest BCUT2D eigenvalue weighted by Crippen LogP contribution is -2.19. The van der Waals surface area contributed by atoms with Crippen molar-refractivity contribution in [3.05, 3.63) is 82.2 Å². The molecule has 120 valence electrons. The summed E-state index contributed by atoms with van der Waals surface area (Å²) in [4.78, 5) is 12.5. The third-order valence-electron chi connectivity index (χ3n) is 3.90. The van der Waals surface area contributed by atoms with E-state index in [9.17, 15) is 10.0 Å². The van der Waals surface area contributed by atoms with E-state index < -0.39 is 0 Å². The zero-order valence-electron chi connectivity index (χ0n) is 13.2. The molecule has 0 aliphatic heterocycles. The van der Waals surface area contributed by atoms with Crippen molar-refractivity contribution < 1.29 is 5.21 Å². The lowest BCUT2D eigenvalue weighted by Gasteiger charge is -2.06. The first-order chi connectivity index (χ1) is 11.6. The van der Waals surface area contributed by atoms with Crippen LogP contribution in [0.2, 0.25) is 0 Å². The first kappa shape index (κ1) is 15.6. The van der Waals surface area contributed by atoms with Gasteiger partial charge in [-0.15, -0.1) is 0 Å². The number of oxime groups is 1. The van der Waals surface area contributed by atoms with Gasteiger partial charge in [-0.3, -0.25) is 4.79 Å². The maximum absolute atomic E-state index is 12.5. The summed E-state index contributed by atoms with van der Waals surface area (Å²) in [5.41, 5.74) is 8.63. The van der Waals surface area contributed by atoms with E-state index >= 15 is 0 Å². The molecule has 0 atom stereocenters. The SMILES string of the molecule is Cn1c(=O)c(/C=C/C(=N\O)c2ccc(N)cc2)cc2ccccc21. The van der Waals surface area contributed by atoms with Crippen molar-refractivity contribution in [1.82, 2.24) is 4.57 Å². The van der Waals surface area contributed by atoms with Gasteiger partial charge < -0.3 is 15.5 Å². The molecular weight excluding hydrogens is 302 g/mol. The highest BCUT2D eigenvalue weighted by Crippen LogP contribution is 2.14. The molecule has 5 heteroatoms. The molecule has 24 heavy (non-hydrogen) atoms. The number of para-hydroxylation sites is 1. The van der Waals surface area contributed by atoms with E-state index in [-0.39, 0.29) is 5.56 Å². The van der Waals surface area contributed by atoms with Crippen molar-refractivity contribution in [3.8, 4) is 0 Å². The predicted octanol–water partition coefficient (Wildman–Crippen LogP) is 3.01. The molecule has 3 aromatic rings. The molecule has 0 saturated heterocycles. The molecular formula is C19H17N3O2. The number of allylic oxidation sites excluding steroid dienone is 1. The maximum Gasteiger partial charge on any atom is 0.258 e. The smallest absolute Gasteiger partial charge is 0.258 e. The fourth-order valence-electron chi connectivity index (χ4n) is 2.58. The Labute approximate surface area is 139 Å². The number of hydrogen-bond donors (Lipinski definition) is 2. The number of nitrogen functional groups attached to an aromatic ring is 1. The summed E-state index contributed by atoms with van der Waals surface area (Å²) >= 11 is 0. The van der Waals surface area contributed by atoms with Crippen LogP contribution in [0.25, 0.3) is 17.0 Å². The van der Waals surface area contributed by atoms with Crippen LogP contribution in [0.5, 0.6) is 0 Å². The van der Waals surface area contributed by atoms with E-state index in [4.69, 9.17) is 5.73 Å². The molecule has 0 saturated carbocycles. The summed E-state index contributed by atoms with van der Waals surface area (Å²) in [6.07, 6.45) is 3.26. The topological polar surface area (TPSA) is 80.6 Å². The summed E-state index contributed by atoms with van der Waals surface area (Å²) in [6, 6.07) is 16.5. The van der Waals surface area contributed by atoms with Crippen LogP contribution in [-0.4, -0.2) is 15.5 Å². The van der Waals surface area contributed by atoms with Crippen LogP contribution in [0.1, 0.15) is 11.1 Å². The first-order valence-electron chi connectivity index (χ1n) is 7.45. The third-order valence-corrected chi connectivity index (χ3v) is 3.90. The Morgan fingerprint density at radius 1 is 1.17 bits per heavy atom. The molecule has 0 radical (unpaired) electrons. The van der Waals surface area contributed by atoms with Crippen molar-refractivity contribution in [2.24, 2.45) is 12.2 Å². The summed E-state index contributed by atoms with van der Waals surface area (Å²) in [5.74, 6) is 0. The van der Waals surface area contributed by atoms with E-state index in [0.717, 1.165) is 10.9 Å². The summed E-state index contributed by atoms with van der Waals surface area (Å²) < 4.78 is 1.61. The molecule has 5 nitrogen and oxygen atoms in total. The number of pyridine rings is 1. The van der Waals surface area contributed by atoms with Crippen molar-refractivity contribution in [2.45, 2.75) is 0 Å². The summed E-state index contributed by atoms with van der Waals surface area (Å²) in [6.45, 7) is 0. The molecule has 0 spiro atoms. The second kappa shape index (κ2) is 6.42. The number of fused-ring (bicyclic) bond motifs is 1. The van der Waals surface area contributed by atoms with Crippen molar-refractivity contribution >= 4 is 28.4 Å². The normalized spacial score (nSPS) is 12.1. The number of nitrogens with zero attached hydrogens (tertiary/aromatic N) is 2. The molecule has 3 rings (SSSR count). The Hall–Kier alpha value is -3.34. The molecule has 0 amide bonds. The first-order valence-corrected chi connectivity index (χ1v) is 7.45. The molecule has 0 fully saturated rings. The van der Waals surface area contributed by atoms with E-state index in [2.05, 4.69) is 5.16 Å². The van der Waals surface area contributed by atoms with Crippen molar-refractivity contribution in [2.75, 3.05) is 5.73 Å². The molecule has 0 aliphatic carbocycles. The third kappa shape index (κ3) is 2.92. The minimum Gasteiger partial charge on any atom is -0.410 e.